The van der Waals surface area contributed by atoms with Crippen molar-refractivity contribution in [3.63, 3.8) is 0 Å². The van der Waals surface area contributed by atoms with Gasteiger partial charge in [-0.15, -0.1) is 24.0 Å². The highest BCUT2D eigenvalue weighted by Crippen LogP contribution is 2.15. The van der Waals surface area contributed by atoms with Gasteiger partial charge in [0.05, 0.1) is 0 Å². The Labute approximate surface area is 194 Å². The summed E-state index contributed by atoms with van der Waals surface area (Å²) in [5.41, 5.74) is 1.23. The standard InChI is InChI=1S/C20H26N6O2S.HI/c1-21-20(24-12-13-25-29(27,28)18-7-4-10-22-16-18)23-11-5-14-26-15-9-17-6-2-3-8-19(17)26;/h2-4,6-10,15-16,25H,5,11-14H2,1H3,(H2,21,23,24);1H. The second-order valence-corrected chi connectivity index (χ2v) is 8.20. The number of aliphatic imine (C=N–C) groups is 1. The maximum atomic E-state index is 12.1. The number of sulfonamides is 1. The summed E-state index contributed by atoms with van der Waals surface area (Å²) >= 11 is 0. The predicted octanol–water partition coefficient (Wildman–Crippen LogP) is 2.19. The van der Waals surface area contributed by atoms with E-state index in [9.17, 15) is 8.42 Å². The number of fused-ring (bicyclic) bond motifs is 1. The molecular weight excluding hydrogens is 515 g/mol. The number of benzene rings is 1. The molecular formula is C20H27IN6O2S. The van der Waals surface area contributed by atoms with E-state index in [1.807, 2.05) is 12.1 Å². The minimum Gasteiger partial charge on any atom is -0.356 e. The Kier molecular flexibility index (Phi) is 9.53. The van der Waals surface area contributed by atoms with Gasteiger partial charge < -0.3 is 15.2 Å². The summed E-state index contributed by atoms with van der Waals surface area (Å²) in [6.45, 7) is 2.32. The molecule has 0 unspecified atom stereocenters. The molecule has 0 saturated carbocycles. The van der Waals surface area contributed by atoms with E-state index in [1.54, 1.807) is 13.1 Å². The number of rotatable bonds is 9. The zero-order chi connectivity index (χ0) is 20.5. The highest BCUT2D eigenvalue weighted by atomic mass is 127. The molecule has 0 radical (unpaired) electrons. The first-order valence-corrected chi connectivity index (χ1v) is 11.0. The van der Waals surface area contributed by atoms with Crippen molar-refractivity contribution in [1.82, 2.24) is 24.9 Å². The fourth-order valence-electron chi connectivity index (χ4n) is 2.97. The summed E-state index contributed by atoms with van der Waals surface area (Å²) in [5, 5.41) is 7.60. The zero-order valence-electron chi connectivity index (χ0n) is 16.8. The largest absolute Gasteiger partial charge is 0.356 e. The first-order valence-electron chi connectivity index (χ1n) is 9.48. The first kappa shape index (κ1) is 24.1. The van der Waals surface area contributed by atoms with Crippen molar-refractivity contribution in [1.29, 1.82) is 0 Å². The lowest BCUT2D eigenvalue weighted by atomic mass is 10.2. The highest BCUT2D eigenvalue weighted by Gasteiger charge is 2.12. The van der Waals surface area contributed by atoms with Crippen LogP contribution in [0.3, 0.4) is 0 Å². The molecule has 0 bridgehead atoms. The summed E-state index contributed by atoms with van der Waals surface area (Å²) in [6, 6.07) is 13.5. The van der Waals surface area contributed by atoms with Crippen LogP contribution in [0.25, 0.3) is 10.9 Å². The van der Waals surface area contributed by atoms with Crippen molar-refractivity contribution in [3.05, 3.63) is 61.1 Å². The van der Waals surface area contributed by atoms with E-state index in [1.165, 1.54) is 29.4 Å². The van der Waals surface area contributed by atoms with Gasteiger partial charge in [-0.25, -0.2) is 13.1 Å². The monoisotopic (exact) mass is 542 g/mol. The van der Waals surface area contributed by atoms with Gasteiger partial charge in [-0.3, -0.25) is 9.98 Å². The smallest absolute Gasteiger partial charge is 0.242 e. The third-order valence-corrected chi connectivity index (χ3v) is 5.87. The molecule has 0 saturated heterocycles. The van der Waals surface area contributed by atoms with Gasteiger partial charge in [0.2, 0.25) is 10.0 Å². The molecule has 0 aliphatic carbocycles. The molecule has 162 valence electrons. The van der Waals surface area contributed by atoms with Crippen molar-refractivity contribution in [3.8, 4) is 0 Å². The van der Waals surface area contributed by atoms with Crippen LogP contribution in [0.15, 0.2) is 70.9 Å². The fourth-order valence-corrected chi connectivity index (χ4v) is 3.96. The van der Waals surface area contributed by atoms with Crippen LogP contribution in [0.5, 0.6) is 0 Å². The van der Waals surface area contributed by atoms with Gasteiger partial charge in [0, 0.05) is 57.3 Å². The number of guanidine groups is 1. The average Bonchev–Trinajstić information content (AvgIpc) is 3.16. The van der Waals surface area contributed by atoms with Crippen molar-refractivity contribution >= 4 is 50.9 Å². The topological polar surface area (TPSA) is 100 Å². The van der Waals surface area contributed by atoms with E-state index in [0.29, 0.717) is 12.5 Å². The lowest BCUT2D eigenvalue weighted by Crippen LogP contribution is -2.41. The van der Waals surface area contributed by atoms with Crippen molar-refractivity contribution in [2.75, 3.05) is 26.7 Å². The van der Waals surface area contributed by atoms with Crippen LogP contribution in [-0.2, 0) is 16.6 Å². The van der Waals surface area contributed by atoms with Gasteiger partial charge in [-0.1, -0.05) is 18.2 Å². The first-order chi connectivity index (χ1) is 14.1. The highest BCUT2D eigenvalue weighted by molar-refractivity contribution is 14.0. The van der Waals surface area contributed by atoms with Gasteiger partial charge in [0.15, 0.2) is 5.96 Å². The van der Waals surface area contributed by atoms with Crippen LogP contribution in [0.4, 0.5) is 0 Å². The Bertz CT molecular complexity index is 1050. The number of hydrogen-bond donors (Lipinski definition) is 3. The Hall–Kier alpha value is -2.18. The molecule has 8 nitrogen and oxygen atoms in total. The summed E-state index contributed by atoms with van der Waals surface area (Å²) in [7, 11) is -1.86. The summed E-state index contributed by atoms with van der Waals surface area (Å²) in [4.78, 5) is 8.15. The quantitative estimate of drug-likeness (QED) is 0.167. The third-order valence-electron chi connectivity index (χ3n) is 4.43. The Morgan fingerprint density at radius 3 is 2.63 bits per heavy atom. The van der Waals surface area contributed by atoms with Crippen molar-refractivity contribution < 1.29 is 8.42 Å². The van der Waals surface area contributed by atoms with Gasteiger partial charge in [-0.05, 0) is 36.1 Å². The lowest BCUT2D eigenvalue weighted by Gasteiger charge is -2.13. The molecule has 0 atom stereocenters. The van der Waals surface area contributed by atoms with E-state index in [4.69, 9.17) is 0 Å². The normalized spacial score (nSPS) is 11.8. The summed E-state index contributed by atoms with van der Waals surface area (Å²) in [5.74, 6) is 0.642. The summed E-state index contributed by atoms with van der Waals surface area (Å²) < 4.78 is 29.0. The van der Waals surface area contributed by atoms with Crippen LogP contribution in [0.1, 0.15) is 6.42 Å². The fraction of sp³-hybridized carbons (Fsp3) is 0.300. The Morgan fingerprint density at radius 1 is 1.07 bits per heavy atom. The minimum absolute atomic E-state index is 0. The molecule has 30 heavy (non-hydrogen) atoms. The molecule has 2 aromatic heterocycles. The van der Waals surface area contributed by atoms with Gasteiger partial charge in [0.25, 0.3) is 0 Å². The number of para-hydroxylation sites is 1. The predicted molar refractivity (Wildman–Crippen MR) is 131 cm³/mol. The number of hydrogen-bond acceptors (Lipinski definition) is 4. The van der Waals surface area contributed by atoms with Gasteiger partial charge >= 0.3 is 0 Å². The SMILES string of the molecule is CN=C(NCCCn1ccc2ccccc21)NCCNS(=O)(=O)c1cccnc1.I. The molecule has 1 aromatic carbocycles. The average molecular weight is 542 g/mol. The van der Waals surface area contributed by atoms with Crippen molar-refractivity contribution in [2.45, 2.75) is 17.9 Å². The van der Waals surface area contributed by atoms with Crippen molar-refractivity contribution in [2.24, 2.45) is 4.99 Å². The number of nitrogens with zero attached hydrogens (tertiary/aromatic N) is 3. The van der Waals surface area contributed by atoms with Gasteiger partial charge in [0.1, 0.15) is 4.90 Å². The van der Waals surface area contributed by atoms with Crippen LogP contribution < -0.4 is 15.4 Å². The molecule has 0 amide bonds. The molecule has 3 rings (SSSR count). The van der Waals surface area contributed by atoms with E-state index in [0.717, 1.165) is 19.5 Å². The molecule has 2 heterocycles. The maximum Gasteiger partial charge on any atom is 0.242 e. The maximum absolute atomic E-state index is 12.1. The van der Waals surface area contributed by atoms with E-state index in [2.05, 4.69) is 54.3 Å². The Balaban J connectivity index is 0.00000320. The number of halogens is 1. The molecule has 0 aliphatic rings. The van der Waals surface area contributed by atoms with Crippen LogP contribution in [0, 0.1) is 0 Å². The molecule has 10 heteroatoms. The number of nitrogens with one attached hydrogen (secondary N) is 3. The molecule has 0 spiro atoms. The van der Waals surface area contributed by atoms with Crippen LogP contribution in [0.2, 0.25) is 0 Å². The number of aryl methyl sites for hydroxylation is 1. The zero-order valence-corrected chi connectivity index (χ0v) is 19.9. The molecule has 0 aliphatic heterocycles. The molecule has 3 N–H and O–H groups in total. The molecule has 3 aromatic rings. The van der Waals surface area contributed by atoms with Gasteiger partial charge in [-0.2, -0.15) is 0 Å². The minimum atomic E-state index is -3.54. The second kappa shape index (κ2) is 11.9. The van der Waals surface area contributed by atoms with E-state index < -0.39 is 10.0 Å². The molecule has 0 fully saturated rings. The number of aromatic nitrogens is 2. The number of pyridine rings is 1. The lowest BCUT2D eigenvalue weighted by molar-refractivity contribution is 0.580. The third kappa shape index (κ3) is 6.67. The summed E-state index contributed by atoms with van der Waals surface area (Å²) in [6.07, 6.45) is 5.90. The van der Waals surface area contributed by atoms with E-state index >= 15 is 0 Å². The van der Waals surface area contributed by atoms with Crippen LogP contribution in [-0.4, -0.2) is 50.6 Å². The van der Waals surface area contributed by atoms with Crippen LogP contribution >= 0.6 is 24.0 Å². The van der Waals surface area contributed by atoms with E-state index in [-0.39, 0.29) is 35.4 Å². The Morgan fingerprint density at radius 2 is 1.87 bits per heavy atom. The second-order valence-electron chi connectivity index (χ2n) is 6.43.